The average Bonchev–Trinajstić information content (AvgIpc) is 3.15. The molecule has 7 nitrogen and oxygen atoms in total. The molecule has 0 unspecified atom stereocenters. The van der Waals surface area contributed by atoms with E-state index in [2.05, 4.69) is 4.98 Å². The first-order valence-electron chi connectivity index (χ1n) is 9.41. The van der Waals surface area contributed by atoms with Crippen molar-refractivity contribution in [2.75, 3.05) is 13.4 Å². The van der Waals surface area contributed by atoms with Crippen LogP contribution in [0.5, 0.6) is 17.2 Å². The predicted octanol–water partition coefficient (Wildman–Crippen LogP) is 3.89. The Balaban J connectivity index is 1.95. The molecule has 1 aliphatic rings. The van der Waals surface area contributed by atoms with Crippen LogP contribution in [-0.2, 0) is 4.74 Å². The molecule has 0 spiro atoms. The van der Waals surface area contributed by atoms with Gasteiger partial charge in [0.1, 0.15) is 11.3 Å². The molecule has 4 rings (SSSR count). The van der Waals surface area contributed by atoms with Gasteiger partial charge in [-0.15, -0.1) is 0 Å². The number of aromatic amines is 1. The number of pyridine rings is 1. The lowest BCUT2D eigenvalue weighted by Gasteiger charge is -2.14. The zero-order valence-electron chi connectivity index (χ0n) is 16.4. The molecule has 0 saturated heterocycles. The van der Waals surface area contributed by atoms with Crippen LogP contribution in [-0.4, -0.2) is 30.5 Å². The van der Waals surface area contributed by atoms with E-state index in [1.54, 1.807) is 43.3 Å². The third-order valence-corrected chi connectivity index (χ3v) is 4.48. The Kier molecular flexibility index (Phi) is 4.88. The summed E-state index contributed by atoms with van der Waals surface area (Å²) in [5, 5.41) is 0.383. The lowest BCUT2D eigenvalue weighted by atomic mass is 10.0. The lowest BCUT2D eigenvalue weighted by Crippen LogP contribution is -2.20. The van der Waals surface area contributed by atoms with E-state index < -0.39 is 11.4 Å². The van der Waals surface area contributed by atoms with Crippen molar-refractivity contribution in [2.45, 2.75) is 26.9 Å². The van der Waals surface area contributed by atoms with Crippen molar-refractivity contribution in [1.82, 2.24) is 4.98 Å². The molecule has 29 heavy (non-hydrogen) atoms. The standard InChI is InChI=1S/C22H21NO6/c1-4-26-22(25)19-20(13-5-8-17-18(9-13)28-11-27-17)23-16-10-14(29-12(2)3)6-7-15(16)21(19)24/h5-10,12H,4,11H2,1-3H3,(H,23,24). The molecule has 1 N–H and O–H groups in total. The first-order chi connectivity index (χ1) is 14.0. The summed E-state index contributed by atoms with van der Waals surface area (Å²) in [6.07, 6.45) is -0.00805. The van der Waals surface area contributed by atoms with Gasteiger partial charge >= 0.3 is 5.97 Å². The first kappa shape index (κ1) is 18.9. The topological polar surface area (TPSA) is 86.8 Å². The van der Waals surface area contributed by atoms with E-state index >= 15 is 0 Å². The van der Waals surface area contributed by atoms with Crippen molar-refractivity contribution < 1.29 is 23.7 Å². The molecule has 2 heterocycles. The van der Waals surface area contributed by atoms with E-state index in [-0.39, 0.29) is 25.1 Å². The number of benzene rings is 2. The fraction of sp³-hybridized carbons (Fsp3) is 0.273. The highest BCUT2D eigenvalue weighted by atomic mass is 16.7. The second kappa shape index (κ2) is 7.50. The number of esters is 1. The number of rotatable bonds is 5. The van der Waals surface area contributed by atoms with E-state index in [1.807, 2.05) is 13.8 Å². The fourth-order valence-electron chi connectivity index (χ4n) is 3.28. The second-order valence-corrected chi connectivity index (χ2v) is 6.87. The molecular formula is C22H21NO6. The maximum Gasteiger partial charge on any atom is 0.344 e. The van der Waals surface area contributed by atoms with Crippen molar-refractivity contribution in [3.8, 4) is 28.5 Å². The van der Waals surface area contributed by atoms with Crippen molar-refractivity contribution in [3.63, 3.8) is 0 Å². The number of H-pyrrole nitrogens is 1. The van der Waals surface area contributed by atoms with Gasteiger partial charge in [-0.25, -0.2) is 4.79 Å². The van der Waals surface area contributed by atoms with Crippen LogP contribution in [0.2, 0.25) is 0 Å². The molecule has 150 valence electrons. The molecule has 7 heteroatoms. The highest BCUT2D eigenvalue weighted by molar-refractivity contribution is 6.00. The molecule has 0 bridgehead atoms. The molecule has 0 fully saturated rings. The number of nitrogens with one attached hydrogen (secondary N) is 1. The van der Waals surface area contributed by atoms with E-state index in [0.717, 1.165) is 0 Å². The van der Waals surface area contributed by atoms with Crippen LogP contribution in [0.1, 0.15) is 31.1 Å². The highest BCUT2D eigenvalue weighted by Crippen LogP contribution is 2.36. The summed E-state index contributed by atoms with van der Waals surface area (Å²) in [6, 6.07) is 10.4. The van der Waals surface area contributed by atoms with Gasteiger partial charge < -0.3 is 23.9 Å². The van der Waals surface area contributed by atoms with E-state index in [0.29, 0.717) is 39.4 Å². The summed E-state index contributed by atoms with van der Waals surface area (Å²) in [7, 11) is 0. The molecule has 0 radical (unpaired) electrons. The SMILES string of the molecule is CCOC(=O)c1c(-c2ccc3c(c2)OCO3)[nH]c2cc(OC(C)C)ccc2c1=O. The largest absolute Gasteiger partial charge is 0.491 e. The summed E-state index contributed by atoms with van der Waals surface area (Å²) >= 11 is 0. The highest BCUT2D eigenvalue weighted by Gasteiger charge is 2.23. The van der Waals surface area contributed by atoms with Gasteiger partial charge in [-0.05, 0) is 51.1 Å². The number of aromatic nitrogens is 1. The van der Waals surface area contributed by atoms with E-state index in [4.69, 9.17) is 18.9 Å². The van der Waals surface area contributed by atoms with E-state index in [9.17, 15) is 9.59 Å². The number of carbonyl (C=O) groups excluding carboxylic acids is 1. The fourth-order valence-corrected chi connectivity index (χ4v) is 3.28. The molecule has 3 aromatic rings. The summed E-state index contributed by atoms with van der Waals surface area (Å²) in [4.78, 5) is 29.0. The number of hydrogen-bond donors (Lipinski definition) is 1. The molecule has 2 aromatic carbocycles. The summed E-state index contributed by atoms with van der Waals surface area (Å²) in [5.74, 6) is 1.12. The molecule has 1 aromatic heterocycles. The van der Waals surface area contributed by atoms with Crippen molar-refractivity contribution in [1.29, 1.82) is 0 Å². The zero-order valence-corrected chi connectivity index (χ0v) is 16.4. The average molecular weight is 395 g/mol. The van der Waals surface area contributed by atoms with E-state index in [1.165, 1.54) is 0 Å². The van der Waals surface area contributed by atoms with Crippen LogP contribution in [0.3, 0.4) is 0 Å². The maximum atomic E-state index is 13.2. The minimum atomic E-state index is -0.675. The minimum Gasteiger partial charge on any atom is -0.491 e. The van der Waals surface area contributed by atoms with Crippen LogP contribution in [0, 0.1) is 0 Å². The Labute approximate surface area is 167 Å². The van der Waals surface area contributed by atoms with Gasteiger partial charge in [0.2, 0.25) is 12.2 Å². The normalized spacial score (nSPS) is 12.4. The van der Waals surface area contributed by atoms with Crippen molar-refractivity contribution in [2.24, 2.45) is 0 Å². The zero-order chi connectivity index (χ0) is 20.5. The van der Waals surface area contributed by atoms with Gasteiger partial charge in [0.15, 0.2) is 11.5 Å². The Bertz CT molecular complexity index is 1150. The van der Waals surface area contributed by atoms with Crippen LogP contribution in [0.15, 0.2) is 41.2 Å². The van der Waals surface area contributed by atoms with Crippen molar-refractivity contribution in [3.05, 3.63) is 52.2 Å². The monoisotopic (exact) mass is 395 g/mol. The Morgan fingerprint density at radius 1 is 1.14 bits per heavy atom. The molecular weight excluding hydrogens is 374 g/mol. The molecule has 0 amide bonds. The summed E-state index contributed by atoms with van der Waals surface area (Å²) < 4.78 is 21.7. The lowest BCUT2D eigenvalue weighted by molar-refractivity contribution is 0.0525. The van der Waals surface area contributed by atoms with Gasteiger partial charge in [-0.1, -0.05) is 0 Å². The first-order valence-corrected chi connectivity index (χ1v) is 9.41. The molecule has 1 aliphatic heterocycles. The number of carbonyl (C=O) groups is 1. The van der Waals surface area contributed by atoms with Crippen molar-refractivity contribution >= 4 is 16.9 Å². The van der Waals surface area contributed by atoms with Gasteiger partial charge in [0, 0.05) is 17.0 Å². The van der Waals surface area contributed by atoms with Gasteiger partial charge in [-0.2, -0.15) is 0 Å². The number of ether oxygens (including phenoxy) is 4. The number of fused-ring (bicyclic) bond motifs is 2. The smallest absolute Gasteiger partial charge is 0.344 e. The Hall–Kier alpha value is -3.48. The van der Waals surface area contributed by atoms with Crippen LogP contribution < -0.4 is 19.6 Å². The van der Waals surface area contributed by atoms with Gasteiger partial charge in [-0.3, -0.25) is 4.79 Å². The summed E-state index contributed by atoms with van der Waals surface area (Å²) in [6.45, 7) is 5.85. The third-order valence-electron chi connectivity index (χ3n) is 4.48. The molecule has 0 saturated carbocycles. The van der Waals surface area contributed by atoms with Crippen LogP contribution >= 0.6 is 0 Å². The van der Waals surface area contributed by atoms with Gasteiger partial charge in [0.05, 0.1) is 23.9 Å². The minimum absolute atomic E-state index is 0.00805. The molecule has 0 aliphatic carbocycles. The van der Waals surface area contributed by atoms with Crippen LogP contribution in [0.4, 0.5) is 0 Å². The van der Waals surface area contributed by atoms with Gasteiger partial charge in [0.25, 0.3) is 0 Å². The summed E-state index contributed by atoms with van der Waals surface area (Å²) in [5.41, 5.74) is 1.10. The quantitative estimate of drug-likeness (QED) is 0.660. The Morgan fingerprint density at radius 2 is 1.93 bits per heavy atom. The maximum absolute atomic E-state index is 13.2. The van der Waals surface area contributed by atoms with Crippen LogP contribution in [0.25, 0.3) is 22.2 Å². The molecule has 0 atom stereocenters. The second-order valence-electron chi connectivity index (χ2n) is 6.87. The number of hydrogen-bond acceptors (Lipinski definition) is 6. The predicted molar refractivity (Wildman–Crippen MR) is 108 cm³/mol. The third kappa shape index (κ3) is 3.51. The Morgan fingerprint density at radius 3 is 2.69 bits per heavy atom.